The van der Waals surface area contributed by atoms with E-state index in [4.69, 9.17) is 11.6 Å². The molecule has 1 saturated heterocycles. The molecular weight excluding hydrogens is 428 g/mol. The number of carbonyl (C=O) groups is 1. The molecule has 180 valence electrons. The average molecular weight is 469 g/mol. The smallest absolute Gasteiger partial charge is 0.230 e. The molecule has 4 rings (SSSR count). The Kier molecular flexibility index (Phi) is 8.02. The van der Waals surface area contributed by atoms with Gasteiger partial charge >= 0.3 is 0 Å². The van der Waals surface area contributed by atoms with E-state index in [9.17, 15) is 4.79 Å². The summed E-state index contributed by atoms with van der Waals surface area (Å²) >= 11 is 6.12. The maximum atomic E-state index is 13.5. The van der Waals surface area contributed by atoms with Crippen LogP contribution in [0.4, 0.5) is 0 Å². The monoisotopic (exact) mass is 468 g/mol. The number of carbonyl (C=O) groups excluding carboxylic acids is 1. The average Bonchev–Trinajstić information content (AvgIpc) is 3.18. The number of benzene rings is 1. The molecule has 1 spiro atoms. The van der Waals surface area contributed by atoms with E-state index in [2.05, 4.69) is 48.3 Å². The summed E-state index contributed by atoms with van der Waals surface area (Å²) < 4.78 is 0. The number of amides is 1. The summed E-state index contributed by atoms with van der Waals surface area (Å²) in [6.07, 6.45) is 16.2. The number of halogens is 1. The molecule has 0 unspecified atom stereocenters. The molecule has 4 heteroatoms. The van der Waals surface area contributed by atoms with E-state index in [0.29, 0.717) is 5.41 Å². The van der Waals surface area contributed by atoms with Gasteiger partial charge in [0.1, 0.15) is 0 Å². The van der Waals surface area contributed by atoms with Crippen molar-refractivity contribution in [1.82, 2.24) is 10.2 Å². The zero-order valence-electron chi connectivity index (χ0n) is 20.6. The fraction of sp³-hybridized carbons (Fsp3) is 0.621. The van der Waals surface area contributed by atoms with Gasteiger partial charge in [-0.05, 0) is 93.6 Å². The minimum absolute atomic E-state index is 0.208. The van der Waals surface area contributed by atoms with Crippen LogP contribution in [0.3, 0.4) is 0 Å². The van der Waals surface area contributed by atoms with Crippen molar-refractivity contribution in [2.45, 2.75) is 83.5 Å². The Bertz CT molecular complexity index is 871. The quantitative estimate of drug-likeness (QED) is 0.476. The van der Waals surface area contributed by atoms with Crippen LogP contribution < -0.4 is 5.32 Å². The van der Waals surface area contributed by atoms with Crippen molar-refractivity contribution in [1.29, 1.82) is 0 Å². The number of rotatable bonds is 7. The van der Waals surface area contributed by atoms with Gasteiger partial charge in [-0.1, -0.05) is 67.6 Å². The van der Waals surface area contributed by atoms with E-state index in [1.54, 1.807) is 11.1 Å². The van der Waals surface area contributed by atoms with Crippen molar-refractivity contribution >= 4 is 17.5 Å². The summed E-state index contributed by atoms with van der Waals surface area (Å²) in [6.45, 7) is 8.40. The van der Waals surface area contributed by atoms with E-state index >= 15 is 0 Å². The molecule has 1 amide bonds. The molecule has 0 radical (unpaired) electrons. The van der Waals surface area contributed by atoms with E-state index in [-0.39, 0.29) is 11.3 Å². The molecule has 0 bridgehead atoms. The first-order valence-corrected chi connectivity index (χ1v) is 13.5. The van der Waals surface area contributed by atoms with Gasteiger partial charge in [0.15, 0.2) is 0 Å². The molecule has 1 aromatic carbocycles. The van der Waals surface area contributed by atoms with Crippen LogP contribution in [0.1, 0.15) is 83.6 Å². The van der Waals surface area contributed by atoms with Crippen LogP contribution >= 0.6 is 11.6 Å². The largest absolute Gasteiger partial charge is 0.354 e. The van der Waals surface area contributed by atoms with Crippen molar-refractivity contribution in [3.63, 3.8) is 0 Å². The minimum atomic E-state index is -0.388. The SMILES string of the molecule is C/C=C\C1=C(CC)CCC12CCN(CCNC(=O)C1(c3ccc(Cl)cc3)CCCCC1)CC2. The zero-order valence-corrected chi connectivity index (χ0v) is 21.4. The fourth-order valence-electron chi connectivity index (χ4n) is 6.65. The normalized spacial score (nSPS) is 22.9. The van der Waals surface area contributed by atoms with Gasteiger partial charge in [-0.2, -0.15) is 0 Å². The second kappa shape index (κ2) is 10.8. The number of piperidine rings is 1. The van der Waals surface area contributed by atoms with E-state index in [1.165, 1.54) is 38.5 Å². The molecule has 33 heavy (non-hydrogen) atoms. The number of nitrogens with one attached hydrogen (secondary N) is 1. The molecule has 1 aromatic rings. The lowest BCUT2D eigenvalue weighted by Crippen LogP contribution is -2.48. The molecule has 1 aliphatic heterocycles. The summed E-state index contributed by atoms with van der Waals surface area (Å²) in [5.41, 5.74) is 4.46. The standard InChI is InChI=1S/C29H41ClN2O/c1-3-8-26-23(4-2)13-16-28(26)17-20-32(21-18-28)22-19-31-27(33)29(14-6-5-7-15-29)24-9-11-25(30)12-10-24/h3,8-12H,4-7,13-22H2,1-2H3,(H,31,33)/b8-3-. The van der Waals surface area contributed by atoms with Gasteiger partial charge in [0.05, 0.1) is 5.41 Å². The second-order valence-corrected chi connectivity index (χ2v) is 10.8. The van der Waals surface area contributed by atoms with Crippen molar-refractivity contribution in [3.05, 3.63) is 58.1 Å². The molecule has 1 heterocycles. The Hall–Kier alpha value is -1.58. The van der Waals surface area contributed by atoms with Crippen LogP contribution in [0.5, 0.6) is 0 Å². The number of hydrogen-bond donors (Lipinski definition) is 1. The van der Waals surface area contributed by atoms with Gasteiger partial charge in [0.2, 0.25) is 5.91 Å². The van der Waals surface area contributed by atoms with Gasteiger partial charge in [0, 0.05) is 18.1 Å². The number of allylic oxidation sites excluding steroid dienone is 4. The third-order valence-electron chi connectivity index (χ3n) is 8.68. The van der Waals surface area contributed by atoms with Gasteiger partial charge in [-0.3, -0.25) is 4.79 Å². The lowest BCUT2D eigenvalue weighted by Gasteiger charge is -2.41. The molecule has 2 aliphatic carbocycles. The maximum absolute atomic E-state index is 13.5. The van der Waals surface area contributed by atoms with E-state index < -0.39 is 0 Å². The highest BCUT2D eigenvalue weighted by molar-refractivity contribution is 6.30. The first-order chi connectivity index (χ1) is 16.0. The first-order valence-electron chi connectivity index (χ1n) is 13.1. The van der Waals surface area contributed by atoms with Crippen molar-refractivity contribution in [3.8, 4) is 0 Å². The molecular formula is C29H41ClN2O. The van der Waals surface area contributed by atoms with Crippen LogP contribution in [0.2, 0.25) is 5.02 Å². The lowest BCUT2D eigenvalue weighted by atomic mass is 9.68. The van der Waals surface area contributed by atoms with Crippen LogP contribution in [0, 0.1) is 5.41 Å². The Balaban J connectivity index is 1.33. The molecule has 0 atom stereocenters. The van der Waals surface area contributed by atoms with Crippen LogP contribution in [0.15, 0.2) is 47.6 Å². The first kappa shape index (κ1) is 24.5. The van der Waals surface area contributed by atoms with E-state index in [1.807, 2.05) is 12.1 Å². The van der Waals surface area contributed by atoms with Crippen LogP contribution in [0.25, 0.3) is 0 Å². The zero-order chi connectivity index (χ0) is 23.3. The third-order valence-corrected chi connectivity index (χ3v) is 8.93. The number of hydrogen-bond acceptors (Lipinski definition) is 2. The summed E-state index contributed by atoms with van der Waals surface area (Å²) in [4.78, 5) is 16.0. The summed E-state index contributed by atoms with van der Waals surface area (Å²) in [5.74, 6) is 0.208. The van der Waals surface area contributed by atoms with Crippen molar-refractivity contribution in [2.24, 2.45) is 5.41 Å². The van der Waals surface area contributed by atoms with Crippen molar-refractivity contribution < 1.29 is 4.79 Å². The molecule has 0 aromatic heterocycles. The fourth-order valence-corrected chi connectivity index (χ4v) is 6.78. The summed E-state index contributed by atoms with van der Waals surface area (Å²) in [6, 6.07) is 7.96. The predicted molar refractivity (Wildman–Crippen MR) is 139 cm³/mol. The van der Waals surface area contributed by atoms with Crippen molar-refractivity contribution in [2.75, 3.05) is 26.2 Å². The highest BCUT2D eigenvalue weighted by atomic mass is 35.5. The molecule has 1 saturated carbocycles. The minimum Gasteiger partial charge on any atom is -0.354 e. The van der Waals surface area contributed by atoms with Gasteiger partial charge in [0.25, 0.3) is 0 Å². The summed E-state index contributed by atoms with van der Waals surface area (Å²) in [7, 11) is 0. The highest BCUT2D eigenvalue weighted by Crippen LogP contribution is 2.51. The third kappa shape index (κ3) is 5.10. The molecule has 2 fully saturated rings. The van der Waals surface area contributed by atoms with Gasteiger partial charge in [-0.15, -0.1) is 0 Å². The molecule has 1 N–H and O–H groups in total. The Morgan fingerprint density at radius 1 is 1.06 bits per heavy atom. The van der Waals surface area contributed by atoms with Gasteiger partial charge in [-0.25, -0.2) is 0 Å². The topological polar surface area (TPSA) is 32.3 Å². The summed E-state index contributed by atoms with van der Waals surface area (Å²) in [5, 5.41) is 4.06. The molecule has 3 nitrogen and oxygen atoms in total. The van der Waals surface area contributed by atoms with Gasteiger partial charge < -0.3 is 10.2 Å². The Morgan fingerprint density at radius 3 is 2.39 bits per heavy atom. The molecule has 3 aliphatic rings. The number of nitrogens with zero attached hydrogens (tertiary/aromatic N) is 1. The Morgan fingerprint density at radius 2 is 1.76 bits per heavy atom. The predicted octanol–water partition coefficient (Wildman–Crippen LogP) is 6.82. The van der Waals surface area contributed by atoms with Crippen LogP contribution in [-0.2, 0) is 10.2 Å². The Labute approximate surface area is 205 Å². The number of likely N-dealkylation sites (tertiary alicyclic amines) is 1. The van der Waals surface area contributed by atoms with E-state index in [0.717, 1.165) is 62.4 Å². The highest BCUT2D eigenvalue weighted by Gasteiger charge is 2.42. The lowest BCUT2D eigenvalue weighted by molar-refractivity contribution is -0.128. The van der Waals surface area contributed by atoms with Crippen LogP contribution in [-0.4, -0.2) is 37.0 Å². The maximum Gasteiger partial charge on any atom is 0.230 e. The second-order valence-electron chi connectivity index (χ2n) is 10.4.